The van der Waals surface area contributed by atoms with Gasteiger partial charge in [0, 0.05) is 29.6 Å². The molecule has 1 unspecified atom stereocenters. The van der Waals surface area contributed by atoms with Gasteiger partial charge in [-0.2, -0.15) is 4.68 Å². The van der Waals surface area contributed by atoms with Crippen molar-refractivity contribution in [1.82, 2.24) is 30.0 Å². The van der Waals surface area contributed by atoms with E-state index in [4.69, 9.17) is 11.6 Å². The summed E-state index contributed by atoms with van der Waals surface area (Å²) in [4.78, 5) is 54.6. The van der Waals surface area contributed by atoms with E-state index in [2.05, 4.69) is 26.2 Å². The van der Waals surface area contributed by atoms with Gasteiger partial charge >= 0.3 is 5.97 Å². The lowest BCUT2D eigenvalue weighted by molar-refractivity contribution is -0.135. The molecule has 0 saturated heterocycles. The first kappa shape index (κ1) is 31.9. The lowest BCUT2D eigenvalue weighted by atomic mass is 9.90. The van der Waals surface area contributed by atoms with E-state index < -0.39 is 29.6 Å². The second kappa shape index (κ2) is 13.7. The zero-order valence-electron chi connectivity index (χ0n) is 24.6. The van der Waals surface area contributed by atoms with Crippen LogP contribution in [0.15, 0.2) is 67.0 Å². The summed E-state index contributed by atoms with van der Waals surface area (Å²) in [5, 5.41) is 25.6. The minimum atomic E-state index is -1.16. The third kappa shape index (κ3) is 6.92. The molecule has 4 aromatic rings. The average Bonchev–Trinajstić information content (AvgIpc) is 3.56. The molecule has 13 nitrogen and oxygen atoms in total. The Morgan fingerprint density at radius 1 is 1.09 bits per heavy atom. The molecule has 1 aromatic heterocycles. The van der Waals surface area contributed by atoms with Crippen LogP contribution in [0.25, 0.3) is 11.8 Å². The Morgan fingerprint density at radius 3 is 2.52 bits per heavy atom. The Labute approximate surface area is 267 Å². The van der Waals surface area contributed by atoms with Crippen LogP contribution >= 0.6 is 11.6 Å². The van der Waals surface area contributed by atoms with E-state index >= 15 is 4.39 Å². The van der Waals surface area contributed by atoms with Crippen molar-refractivity contribution in [3.8, 4) is 5.69 Å². The van der Waals surface area contributed by atoms with Gasteiger partial charge in [0.25, 0.3) is 5.91 Å². The number of nitrogens with one attached hydrogen (secondary N) is 2. The van der Waals surface area contributed by atoms with Crippen LogP contribution in [0.3, 0.4) is 0 Å². The van der Waals surface area contributed by atoms with Crippen LogP contribution in [0, 0.1) is 5.82 Å². The molecule has 0 spiro atoms. The highest BCUT2D eigenvalue weighted by Crippen LogP contribution is 2.36. The van der Waals surface area contributed by atoms with E-state index in [-0.39, 0.29) is 40.8 Å². The zero-order chi connectivity index (χ0) is 33.0. The van der Waals surface area contributed by atoms with Gasteiger partial charge in [-0.25, -0.2) is 9.18 Å². The molecular formula is C31H28ClFN8O5. The van der Waals surface area contributed by atoms with Gasteiger partial charge < -0.3 is 25.5 Å². The Balaban J connectivity index is 1.50. The molecule has 5 rings (SSSR count). The van der Waals surface area contributed by atoms with Crippen LogP contribution in [0.4, 0.5) is 15.8 Å². The predicted molar refractivity (Wildman–Crippen MR) is 167 cm³/mol. The number of anilines is 2. The number of rotatable bonds is 9. The number of carbonyl (C=O) groups is 4. The fourth-order valence-electron chi connectivity index (χ4n) is 5.13. The molecule has 236 valence electrons. The smallest absolute Gasteiger partial charge is 0.335 e. The normalized spacial score (nSPS) is 14.3. The first-order valence-electron chi connectivity index (χ1n) is 13.9. The minimum absolute atomic E-state index is 0.0374. The number of amides is 3. The number of nitrogens with zero attached hydrogens (tertiary/aromatic N) is 6. The molecule has 3 amide bonds. The number of hydrogen-bond acceptors (Lipinski definition) is 8. The summed E-state index contributed by atoms with van der Waals surface area (Å²) in [6, 6.07) is 12.4. The van der Waals surface area contributed by atoms with E-state index in [0.29, 0.717) is 28.9 Å². The number of benzene rings is 3. The van der Waals surface area contributed by atoms with E-state index in [1.54, 1.807) is 37.2 Å². The summed E-state index contributed by atoms with van der Waals surface area (Å²) in [6.07, 6.45) is 3.96. The Kier molecular flexibility index (Phi) is 9.49. The quantitative estimate of drug-likeness (QED) is 0.231. The molecule has 1 atom stereocenters. The van der Waals surface area contributed by atoms with Crippen LogP contribution in [0.2, 0.25) is 5.02 Å². The first-order valence-corrected chi connectivity index (χ1v) is 14.3. The third-order valence-electron chi connectivity index (χ3n) is 7.18. The van der Waals surface area contributed by atoms with Gasteiger partial charge in [-0.05, 0) is 90.6 Å². The van der Waals surface area contributed by atoms with Gasteiger partial charge in [0.1, 0.15) is 12.4 Å². The number of aromatic nitrogens is 4. The van der Waals surface area contributed by atoms with Crippen molar-refractivity contribution in [3.05, 3.63) is 100 Å². The molecule has 0 radical (unpaired) electrons. The Bertz CT molecular complexity index is 1830. The molecule has 3 aromatic carbocycles. The number of carboxylic acids is 1. The van der Waals surface area contributed by atoms with Crippen LogP contribution in [-0.4, -0.2) is 86.0 Å². The van der Waals surface area contributed by atoms with Gasteiger partial charge in [-0.15, -0.1) is 5.10 Å². The summed E-state index contributed by atoms with van der Waals surface area (Å²) >= 11 is 6.03. The fourth-order valence-corrected chi connectivity index (χ4v) is 5.29. The zero-order valence-corrected chi connectivity index (χ0v) is 25.4. The molecule has 46 heavy (non-hydrogen) atoms. The van der Waals surface area contributed by atoms with Crippen LogP contribution in [0.1, 0.15) is 33.1 Å². The highest BCUT2D eigenvalue weighted by Gasteiger charge is 2.36. The van der Waals surface area contributed by atoms with Gasteiger partial charge in [0.2, 0.25) is 11.8 Å². The van der Waals surface area contributed by atoms with Gasteiger partial charge in [0.15, 0.2) is 5.82 Å². The highest BCUT2D eigenvalue weighted by atomic mass is 35.5. The van der Waals surface area contributed by atoms with Gasteiger partial charge in [-0.3, -0.25) is 14.4 Å². The number of likely N-dealkylation sites (N-methyl/N-ethyl adjacent to an activating group) is 1. The van der Waals surface area contributed by atoms with Crippen molar-refractivity contribution in [1.29, 1.82) is 0 Å². The molecule has 0 fully saturated rings. The second-order valence-electron chi connectivity index (χ2n) is 10.6. The molecule has 0 saturated carbocycles. The standard InChI is InChI=1S/C31H28ClFN8O5/c1-39(2)16-26(42)36-24-5-3-4-21-20(24)14-15-40(29(21)30(44)35-19-8-6-18(7-9-19)31(45)46)27(43)13-10-22-25(41-17-34-37-38-41)12-11-23(32)28(22)33/h3-13,17,29H,14-16H2,1-2H3,(H,35,44)(H,36,42)(H,45,46). The fraction of sp³-hybridized carbons (Fsp3) is 0.194. The summed E-state index contributed by atoms with van der Waals surface area (Å²) in [5.41, 5.74) is 2.23. The lowest BCUT2D eigenvalue weighted by Gasteiger charge is -2.36. The first-order chi connectivity index (χ1) is 22.0. The van der Waals surface area contributed by atoms with Gasteiger partial charge in [-0.1, -0.05) is 23.7 Å². The number of carbonyl (C=O) groups excluding carboxylic acids is 3. The number of fused-ring (bicyclic) bond motifs is 1. The SMILES string of the molecule is CN(C)CC(=O)Nc1cccc2c1CCN(C(=O)C=Cc1c(-n3cnnn3)ccc(Cl)c1F)C2C(=O)Nc1ccc(C(=O)O)cc1. The maximum Gasteiger partial charge on any atom is 0.335 e. The van der Waals surface area contributed by atoms with E-state index in [1.165, 1.54) is 58.4 Å². The lowest BCUT2D eigenvalue weighted by Crippen LogP contribution is -2.45. The molecule has 0 aliphatic carbocycles. The van der Waals surface area contributed by atoms with Crippen LogP contribution in [-0.2, 0) is 20.8 Å². The molecule has 15 heteroatoms. The Morgan fingerprint density at radius 2 is 1.85 bits per heavy atom. The maximum atomic E-state index is 15.2. The Hall–Kier alpha value is -5.47. The molecule has 0 bridgehead atoms. The number of carboxylic acid groups (broad SMARTS) is 1. The number of aromatic carboxylic acids is 1. The average molecular weight is 647 g/mol. The largest absolute Gasteiger partial charge is 0.478 e. The van der Waals surface area contributed by atoms with Crippen molar-refractivity contribution in [2.24, 2.45) is 0 Å². The van der Waals surface area contributed by atoms with Crippen LogP contribution < -0.4 is 10.6 Å². The summed E-state index contributed by atoms with van der Waals surface area (Å²) in [5.74, 6) is -3.34. The third-order valence-corrected chi connectivity index (χ3v) is 7.48. The van der Waals surface area contributed by atoms with Gasteiger partial charge in [0.05, 0.1) is 22.8 Å². The maximum absolute atomic E-state index is 15.2. The molecule has 3 N–H and O–H groups in total. The predicted octanol–water partition coefficient (Wildman–Crippen LogP) is 3.43. The molecule has 2 heterocycles. The summed E-state index contributed by atoms with van der Waals surface area (Å²) < 4.78 is 16.4. The van der Waals surface area contributed by atoms with Crippen molar-refractivity contribution in [2.75, 3.05) is 37.8 Å². The topological polar surface area (TPSA) is 163 Å². The van der Waals surface area contributed by atoms with Crippen molar-refractivity contribution < 1.29 is 28.7 Å². The summed E-state index contributed by atoms with van der Waals surface area (Å²) in [6.45, 7) is 0.229. The number of hydrogen-bond donors (Lipinski definition) is 3. The number of tetrazole rings is 1. The van der Waals surface area contributed by atoms with Crippen molar-refractivity contribution in [2.45, 2.75) is 12.5 Å². The van der Waals surface area contributed by atoms with E-state index in [0.717, 1.165) is 6.08 Å². The number of halogens is 2. The minimum Gasteiger partial charge on any atom is -0.478 e. The van der Waals surface area contributed by atoms with Crippen LogP contribution in [0.5, 0.6) is 0 Å². The van der Waals surface area contributed by atoms with Crippen molar-refractivity contribution >= 4 is 52.7 Å². The molecule has 1 aliphatic heterocycles. The van der Waals surface area contributed by atoms with E-state index in [9.17, 15) is 24.3 Å². The second-order valence-corrected chi connectivity index (χ2v) is 11.0. The van der Waals surface area contributed by atoms with Crippen molar-refractivity contribution in [3.63, 3.8) is 0 Å². The monoisotopic (exact) mass is 646 g/mol. The van der Waals surface area contributed by atoms with E-state index in [1.807, 2.05) is 0 Å². The molecular weight excluding hydrogens is 619 g/mol. The molecule has 1 aliphatic rings. The highest BCUT2D eigenvalue weighted by molar-refractivity contribution is 6.31. The summed E-state index contributed by atoms with van der Waals surface area (Å²) in [7, 11) is 3.53.